The average molecular weight is 1080 g/mol. The Labute approximate surface area is 493 Å². The number of nitrogens with zero attached hydrogens (tertiary/aromatic N) is 3. The molecule has 7 aliphatic heterocycles. The van der Waals surface area contributed by atoms with Gasteiger partial charge in [-0.1, -0.05) is 246 Å². The molecule has 0 radical (unpaired) electrons. The zero-order chi connectivity index (χ0) is 55.3. The third-order valence-corrected chi connectivity index (χ3v) is 21.0. The number of para-hydroxylation sites is 3. The van der Waals surface area contributed by atoms with E-state index in [2.05, 4.69) is 275 Å². The van der Waals surface area contributed by atoms with Crippen molar-refractivity contribution in [2.24, 2.45) is 0 Å². The van der Waals surface area contributed by atoms with Crippen LogP contribution in [0.25, 0.3) is 22.3 Å². The highest BCUT2D eigenvalue weighted by Crippen LogP contribution is 2.52. The van der Waals surface area contributed by atoms with Crippen LogP contribution >= 0.6 is 11.8 Å². The van der Waals surface area contributed by atoms with E-state index in [9.17, 15) is 0 Å². The summed E-state index contributed by atoms with van der Waals surface area (Å²) in [7, 11) is 0. The lowest BCUT2D eigenvalue weighted by Crippen LogP contribution is -2.75. The second-order valence-electron chi connectivity index (χ2n) is 25.1. The second kappa shape index (κ2) is 17.5. The molecule has 18 rings (SSSR count). The molecular formula is C75H57B4N3S. The number of benzene rings is 11. The maximum atomic E-state index is 2.77. The predicted molar refractivity (Wildman–Crippen MR) is 359 cm³/mol. The summed E-state index contributed by atoms with van der Waals surface area (Å²) < 4.78 is 0. The molecule has 390 valence electrons. The van der Waals surface area contributed by atoms with Crippen LogP contribution in [0, 0.1) is 0 Å². The Morgan fingerprint density at radius 2 is 0.663 bits per heavy atom. The van der Waals surface area contributed by atoms with Crippen molar-refractivity contribution in [1.29, 1.82) is 0 Å². The molecule has 0 bridgehead atoms. The Hall–Kier alpha value is -8.57. The first kappa shape index (κ1) is 48.0. The lowest BCUT2D eigenvalue weighted by molar-refractivity contribution is 0.812. The van der Waals surface area contributed by atoms with Crippen molar-refractivity contribution in [2.75, 3.05) is 14.7 Å². The zero-order valence-electron chi connectivity index (χ0n) is 47.6. The normalized spacial score (nSPS) is 14.5. The molecule has 0 spiro atoms. The first-order valence-corrected chi connectivity index (χ1v) is 30.9. The molecule has 0 unspecified atom stereocenters. The minimum Gasteiger partial charge on any atom is -0.312 e. The number of anilines is 9. The fourth-order valence-electron chi connectivity index (χ4n) is 16.4. The zero-order valence-corrected chi connectivity index (χ0v) is 48.4. The van der Waals surface area contributed by atoms with Gasteiger partial charge in [0.2, 0.25) is 6.71 Å². The van der Waals surface area contributed by atoms with Gasteiger partial charge in [0.15, 0.2) is 0 Å². The van der Waals surface area contributed by atoms with Gasteiger partial charge < -0.3 is 14.7 Å². The molecule has 83 heavy (non-hydrogen) atoms. The van der Waals surface area contributed by atoms with Crippen molar-refractivity contribution in [1.82, 2.24) is 0 Å². The van der Waals surface area contributed by atoms with Crippen LogP contribution in [0.1, 0.15) is 76.0 Å². The minimum absolute atomic E-state index is 0.0221. The molecule has 0 aliphatic carbocycles. The van der Waals surface area contributed by atoms with Crippen LogP contribution in [-0.2, 0) is 0 Å². The van der Waals surface area contributed by atoms with Crippen molar-refractivity contribution in [3.8, 4) is 22.3 Å². The van der Waals surface area contributed by atoms with Crippen LogP contribution in [0.15, 0.2) is 228 Å². The monoisotopic (exact) mass is 1080 g/mol. The summed E-state index contributed by atoms with van der Waals surface area (Å²) in [6.07, 6.45) is 0. The summed E-state index contributed by atoms with van der Waals surface area (Å²) in [6.45, 7) is 14.3. The van der Waals surface area contributed by atoms with Gasteiger partial charge in [-0.05, 0) is 148 Å². The number of rotatable bonds is 6. The lowest BCUT2D eigenvalue weighted by Gasteiger charge is -2.56. The largest absolute Gasteiger partial charge is 0.312 e. The molecule has 0 saturated heterocycles. The fourth-order valence-corrected chi connectivity index (χ4v) is 17.5. The van der Waals surface area contributed by atoms with Crippen molar-refractivity contribution < 1.29 is 0 Å². The molecule has 3 nitrogen and oxygen atoms in total. The molecule has 0 saturated carbocycles. The minimum atomic E-state index is -0.0507. The Morgan fingerprint density at radius 3 is 1.12 bits per heavy atom. The van der Waals surface area contributed by atoms with Crippen LogP contribution in [0.5, 0.6) is 0 Å². The summed E-state index contributed by atoms with van der Waals surface area (Å²) in [5.74, 6) is 1.12. The summed E-state index contributed by atoms with van der Waals surface area (Å²) in [4.78, 5) is 10.9. The van der Waals surface area contributed by atoms with Gasteiger partial charge >= 0.3 is 0 Å². The van der Waals surface area contributed by atoms with E-state index in [-0.39, 0.29) is 26.9 Å². The highest BCUT2D eigenvalue weighted by atomic mass is 32.2. The molecule has 11 aromatic rings. The maximum absolute atomic E-state index is 2.77. The van der Waals surface area contributed by atoms with E-state index in [4.69, 9.17) is 0 Å². The number of fused-ring (bicyclic) bond motifs is 20. The topological polar surface area (TPSA) is 9.72 Å². The van der Waals surface area contributed by atoms with Gasteiger partial charge in [-0.3, -0.25) is 0 Å². The Bertz CT molecular complexity index is 4610. The highest BCUT2D eigenvalue weighted by molar-refractivity contribution is 8.00. The van der Waals surface area contributed by atoms with Gasteiger partial charge in [-0.25, -0.2) is 0 Å². The maximum Gasteiger partial charge on any atom is 0.252 e. The van der Waals surface area contributed by atoms with Crippen LogP contribution in [0.2, 0.25) is 0 Å². The fraction of sp³-hybridized carbons (Fsp3) is 0.120. The molecule has 7 heterocycles. The van der Waals surface area contributed by atoms with Gasteiger partial charge in [0, 0.05) is 61.0 Å². The van der Waals surface area contributed by atoms with E-state index in [0.717, 1.165) is 0 Å². The third kappa shape index (κ3) is 6.43. The summed E-state index contributed by atoms with van der Waals surface area (Å²) in [5.41, 5.74) is 37.8. The quantitative estimate of drug-likeness (QED) is 0.154. The van der Waals surface area contributed by atoms with Gasteiger partial charge in [-0.15, -0.1) is 0 Å². The summed E-state index contributed by atoms with van der Waals surface area (Å²) in [5, 5.41) is 0. The van der Waals surface area contributed by atoms with E-state index >= 15 is 0 Å². The molecule has 8 heteroatoms. The van der Waals surface area contributed by atoms with Crippen molar-refractivity contribution >= 4 is 155 Å². The molecule has 11 aromatic carbocycles. The average Bonchev–Trinajstić information content (AvgIpc) is 0.725. The third-order valence-electron chi connectivity index (χ3n) is 19.8. The van der Waals surface area contributed by atoms with Gasteiger partial charge in [0.1, 0.15) is 0 Å². The molecule has 7 aliphatic rings. The van der Waals surface area contributed by atoms with Crippen LogP contribution < -0.4 is 80.3 Å². The SMILES string of the molecule is CC(C)c1cc(C(C)C)c(B2c3ccccc3Sc3cc4c(cc32)B2c3ccccc3N3c5ccccc5B5c6cc(-c7ccccc7)ccc6N6c7ccc(-c8ccccc8)cc7B7c8ccccc8N4c4c2c3c5c6c47)c(C(C)C)c1. The molecule has 0 amide bonds. The van der Waals surface area contributed by atoms with Crippen LogP contribution in [0.4, 0.5) is 51.2 Å². The first-order valence-electron chi connectivity index (χ1n) is 30.1. The standard InChI is InChI=1S/C75H57B4N3S/c1-43(2)50-37-51(44(3)4)69(52(38-50)45(5)6)79-56-28-16-20-32-67(56)83-68-42-66-59(41-60(68)79)78-54-26-14-18-30-62(54)80-61-29-17-13-25-53(61)76-57-39-48(46-21-9-7-10-22-46)33-35-64(57)81-65-36-34-49(47-23-11-8-12-24-47)40-58(65)77-55-27-15-19-31-63(55)82(66)75-71(77)74(81)70(76)73(80)72(75)78/h7-45H,1-6H3. The van der Waals surface area contributed by atoms with E-state index in [1.165, 1.54) is 165 Å². The first-order chi connectivity index (χ1) is 40.7. The summed E-state index contributed by atoms with van der Waals surface area (Å²) >= 11 is 1.98. The molecule has 0 N–H and O–H groups in total. The van der Waals surface area contributed by atoms with Gasteiger partial charge in [0.05, 0.1) is 0 Å². The Morgan fingerprint density at radius 1 is 0.277 bits per heavy atom. The van der Waals surface area contributed by atoms with E-state index < -0.39 is 0 Å². The highest BCUT2D eigenvalue weighted by Gasteiger charge is 2.58. The molecule has 0 aromatic heterocycles. The van der Waals surface area contributed by atoms with Gasteiger partial charge in [0.25, 0.3) is 20.1 Å². The van der Waals surface area contributed by atoms with Crippen LogP contribution in [-0.4, -0.2) is 26.9 Å². The molecule has 0 atom stereocenters. The molecular weight excluding hydrogens is 1020 g/mol. The van der Waals surface area contributed by atoms with Gasteiger partial charge in [-0.2, -0.15) is 0 Å². The Balaban J connectivity index is 0.992. The van der Waals surface area contributed by atoms with E-state index in [0.29, 0.717) is 17.8 Å². The van der Waals surface area contributed by atoms with Crippen molar-refractivity contribution in [2.45, 2.75) is 69.1 Å². The second-order valence-corrected chi connectivity index (χ2v) is 26.2. The smallest absolute Gasteiger partial charge is 0.252 e. The van der Waals surface area contributed by atoms with Crippen molar-refractivity contribution in [3.63, 3.8) is 0 Å². The predicted octanol–water partition coefficient (Wildman–Crippen LogP) is 11.2. The van der Waals surface area contributed by atoms with E-state index in [1.54, 1.807) is 0 Å². The summed E-state index contributed by atoms with van der Waals surface area (Å²) in [6, 6.07) is 85.0. The van der Waals surface area contributed by atoms with Crippen molar-refractivity contribution in [3.05, 3.63) is 235 Å². The number of hydrogen-bond acceptors (Lipinski definition) is 4. The number of hydrogen-bond donors (Lipinski definition) is 0. The Kier molecular flexibility index (Phi) is 10.1. The lowest BCUT2D eigenvalue weighted by atomic mass is 9.24. The molecule has 0 fully saturated rings. The van der Waals surface area contributed by atoms with Crippen LogP contribution in [0.3, 0.4) is 0 Å². The van der Waals surface area contributed by atoms with E-state index in [1.807, 2.05) is 11.8 Å².